The van der Waals surface area contributed by atoms with Crippen molar-refractivity contribution in [1.29, 1.82) is 5.26 Å². The van der Waals surface area contributed by atoms with E-state index < -0.39 is 0 Å². The lowest BCUT2D eigenvalue weighted by molar-refractivity contribution is -0.199. The van der Waals surface area contributed by atoms with Gasteiger partial charge in [-0.05, 0) is 37.1 Å². The van der Waals surface area contributed by atoms with Crippen LogP contribution < -0.4 is 0 Å². The van der Waals surface area contributed by atoms with Crippen molar-refractivity contribution in [2.75, 3.05) is 20.2 Å². The lowest BCUT2D eigenvalue weighted by atomic mass is 9.58. The Balaban J connectivity index is 1.66. The molecule has 5 nitrogen and oxygen atoms in total. The Labute approximate surface area is 130 Å². The minimum atomic E-state index is -0.315. The second-order valence-corrected chi connectivity index (χ2v) is 6.19. The van der Waals surface area contributed by atoms with E-state index in [1.54, 1.807) is 31.4 Å². The fourth-order valence-electron chi connectivity index (χ4n) is 3.71. The summed E-state index contributed by atoms with van der Waals surface area (Å²) < 4.78 is 5.46. The quantitative estimate of drug-likeness (QED) is 0.899. The molecule has 1 aliphatic heterocycles. The third kappa shape index (κ3) is 2.29. The van der Waals surface area contributed by atoms with Gasteiger partial charge in [0.25, 0.3) is 5.91 Å². The normalized spacial score (nSPS) is 26.3. The summed E-state index contributed by atoms with van der Waals surface area (Å²) in [6.45, 7) is 1.27. The van der Waals surface area contributed by atoms with Gasteiger partial charge in [0.15, 0.2) is 0 Å². The number of rotatable bonds is 2. The number of amides is 1. The fraction of sp³-hybridized carbons (Fsp3) is 0.529. The number of benzene rings is 1. The molecule has 1 saturated carbocycles. The van der Waals surface area contributed by atoms with Crippen LogP contribution in [0, 0.1) is 16.7 Å². The van der Waals surface area contributed by atoms with E-state index in [9.17, 15) is 9.90 Å². The zero-order valence-electron chi connectivity index (χ0n) is 12.7. The van der Waals surface area contributed by atoms with E-state index in [1.165, 1.54) is 0 Å². The second-order valence-electron chi connectivity index (χ2n) is 6.19. The first-order valence-electron chi connectivity index (χ1n) is 7.61. The Bertz CT molecular complexity index is 597. The number of hydrogen-bond acceptors (Lipinski definition) is 4. The smallest absolute Gasteiger partial charge is 0.253 e. The lowest BCUT2D eigenvalue weighted by Gasteiger charge is -2.56. The Hall–Kier alpha value is -1.90. The maximum Gasteiger partial charge on any atom is 0.253 e. The molecule has 1 aliphatic carbocycles. The molecule has 1 saturated heterocycles. The molecule has 1 spiro atoms. The van der Waals surface area contributed by atoms with Gasteiger partial charge in [-0.25, -0.2) is 0 Å². The molecule has 116 valence electrons. The van der Waals surface area contributed by atoms with Crippen LogP contribution >= 0.6 is 0 Å². The number of nitriles is 1. The zero-order valence-corrected chi connectivity index (χ0v) is 12.7. The average Bonchev–Trinajstić information content (AvgIpc) is 2.59. The highest BCUT2D eigenvalue weighted by molar-refractivity contribution is 5.94. The predicted molar refractivity (Wildman–Crippen MR) is 80.1 cm³/mol. The Morgan fingerprint density at radius 3 is 2.50 bits per heavy atom. The van der Waals surface area contributed by atoms with Crippen molar-refractivity contribution in [1.82, 2.24) is 4.90 Å². The SMILES string of the molecule is CO[C@H]1C[C@@H](O)C12CCN(C(=O)c1ccc(C#N)cc1)CC2. The summed E-state index contributed by atoms with van der Waals surface area (Å²) in [6, 6.07) is 8.76. The molecule has 5 heteroatoms. The molecule has 0 bridgehead atoms. The number of nitrogens with zero attached hydrogens (tertiary/aromatic N) is 2. The van der Waals surface area contributed by atoms with Gasteiger partial charge in [-0.1, -0.05) is 0 Å². The van der Waals surface area contributed by atoms with Gasteiger partial charge in [-0.3, -0.25) is 4.79 Å². The summed E-state index contributed by atoms with van der Waals surface area (Å²) in [6.07, 6.45) is 2.03. The monoisotopic (exact) mass is 300 g/mol. The van der Waals surface area contributed by atoms with E-state index in [2.05, 4.69) is 0 Å². The van der Waals surface area contributed by atoms with E-state index >= 15 is 0 Å². The van der Waals surface area contributed by atoms with Gasteiger partial charge in [-0.15, -0.1) is 0 Å². The molecule has 2 fully saturated rings. The number of methoxy groups -OCH3 is 1. The van der Waals surface area contributed by atoms with Crippen LogP contribution in [-0.4, -0.2) is 48.3 Å². The number of carbonyl (C=O) groups excluding carboxylic acids is 1. The van der Waals surface area contributed by atoms with Crippen LogP contribution in [0.25, 0.3) is 0 Å². The minimum Gasteiger partial charge on any atom is -0.392 e. The second kappa shape index (κ2) is 5.71. The maximum atomic E-state index is 12.5. The third-order valence-electron chi connectivity index (χ3n) is 5.27. The summed E-state index contributed by atoms with van der Waals surface area (Å²) in [5, 5.41) is 18.9. The number of ether oxygens (including phenoxy) is 1. The van der Waals surface area contributed by atoms with Crippen LogP contribution in [0.1, 0.15) is 35.2 Å². The van der Waals surface area contributed by atoms with Crippen molar-refractivity contribution in [3.05, 3.63) is 35.4 Å². The van der Waals surface area contributed by atoms with Crippen LogP contribution in [0.2, 0.25) is 0 Å². The number of aliphatic hydroxyl groups is 1. The molecule has 0 aromatic heterocycles. The van der Waals surface area contributed by atoms with Gasteiger partial charge in [0, 0.05) is 37.6 Å². The molecule has 22 heavy (non-hydrogen) atoms. The van der Waals surface area contributed by atoms with Crippen molar-refractivity contribution in [2.45, 2.75) is 31.5 Å². The number of likely N-dealkylation sites (tertiary alicyclic amines) is 1. The summed E-state index contributed by atoms with van der Waals surface area (Å²) in [5.74, 6) is -0.0119. The maximum absolute atomic E-state index is 12.5. The van der Waals surface area contributed by atoms with Crippen LogP contribution in [0.4, 0.5) is 0 Å². The number of piperidine rings is 1. The highest BCUT2D eigenvalue weighted by Crippen LogP contribution is 2.50. The largest absolute Gasteiger partial charge is 0.392 e. The van der Waals surface area contributed by atoms with Crippen LogP contribution in [0.15, 0.2) is 24.3 Å². The highest BCUT2D eigenvalue weighted by atomic mass is 16.5. The highest BCUT2D eigenvalue weighted by Gasteiger charge is 2.56. The third-order valence-corrected chi connectivity index (χ3v) is 5.27. The minimum absolute atomic E-state index is 0.0119. The molecule has 3 rings (SSSR count). The van der Waals surface area contributed by atoms with E-state index in [-0.39, 0.29) is 23.5 Å². The van der Waals surface area contributed by atoms with Gasteiger partial charge in [0.05, 0.1) is 23.8 Å². The molecular formula is C17H20N2O3. The van der Waals surface area contributed by atoms with Crippen molar-refractivity contribution >= 4 is 5.91 Å². The summed E-state index contributed by atoms with van der Waals surface area (Å²) >= 11 is 0. The molecule has 1 aromatic carbocycles. The van der Waals surface area contributed by atoms with Crippen molar-refractivity contribution in [3.8, 4) is 6.07 Å². The van der Waals surface area contributed by atoms with Gasteiger partial charge in [-0.2, -0.15) is 5.26 Å². The van der Waals surface area contributed by atoms with Crippen molar-refractivity contribution in [3.63, 3.8) is 0 Å². The van der Waals surface area contributed by atoms with Crippen LogP contribution in [-0.2, 0) is 4.74 Å². The Kier molecular flexibility index (Phi) is 3.90. The predicted octanol–water partition coefficient (Wildman–Crippen LogP) is 1.56. The number of hydrogen-bond donors (Lipinski definition) is 1. The van der Waals surface area contributed by atoms with Gasteiger partial charge < -0.3 is 14.7 Å². The zero-order chi connectivity index (χ0) is 15.7. The molecule has 0 radical (unpaired) electrons. The Morgan fingerprint density at radius 2 is 2.00 bits per heavy atom. The number of aliphatic hydroxyl groups excluding tert-OH is 1. The first-order chi connectivity index (χ1) is 10.6. The molecule has 1 aromatic rings. The van der Waals surface area contributed by atoms with Gasteiger partial charge in [0.1, 0.15) is 0 Å². The average molecular weight is 300 g/mol. The number of carbonyl (C=O) groups is 1. The standard InChI is InChI=1S/C17H20N2O3/c1-22-15-10-14(20)17(15)6-8-19(9-7-17)16(21)13-4-2-12(11-18)3-5-13/h2-5,14-15,20H,6-10H2,1H3/t14-,15+/m1/s1. The first kappa shape index (κ1) is 15.0. The topological polar surface area (TPSA) is 73.6 Å². The van der Waals surface area contributed by atoms with E-state index in [0.717, 1.165) is 12.8 Å². The molecular weight excluding hydrogens is 280 g/mol. The Morgan fingerprint density at radius 1 is 1.36 bits per heavy atom. The fourth-order valence-corrected chi connectivity index (χ4v) is 3.71. The first-order valence-corrected chi connectivity index (χ1v) is 7.61. The molecule has 1 heterocycles. The van der Waals surface area contributed by atoms with Crippen molar-refractivity contribution < 1.29 is 14.6 Å². The van der Waals surface area contributed by atoms with Crippen LogP contribution in [0.5, 0.6) is 0 Å². The summed E-state index contributed by atoms with van der Waals surface area (Å²) in [7, 11) is 1.69. The molecule has 2 atom stereocenters. The lowest BCUT2D eigenvalue weighted by Crippen LogP contribution is -2.62. The van der Waals surface area contributed by atoms with E-state index in [4.69, 9.17) is 10.00 Å². The van der Waals surface area contributed by atoms with Crippen molar-refractivity contribution in [2.24, 2.45) is 5.41 Å². The van der Waals surface area contributed by atoms with E-state index in [0.29, 0.717) is 30.6 Å². The van der Waals surface area contributed by atoms with Crippen LogP contribution in [0.3, 0.4) is 0 Å². The summed E-state index contributed by atoms with van der Waals surface area (Å²) in [4.78, 5) is 14.3. The molecule has 0 unspecified atom stereocenters. The molecule has 1 N–H and O–H groups in total. The molecule has 1 amide bonds. The summed E-state index contributed by atoms with van der Waals surface area (Å²) in [5.41, 5.74) is 0.984. The van der Waals surface area contributed by atoms with Gasteiger partial charge >= 0.3 is 0 Å². The van der Waals surface area contributed by atoms with E-state index in [1.807, 2.05) is 11.0 Å². The van der Waals surface area contributed by atoms with Gasteiger partial charge in [0.2, 0.25) is 0 Å². The molecule has 2 aliphatic rings.